The zero-order valence-corrected chi connectivity index (χ0v) is 15.4. The van der Waals surface area contributed by atoms with Crippen molar-refractivity contribution in [2.24, 2.45) is 0 Å². The van der Waals surface area contributed by atoms with Crippen LogP contribution in [0.4, 0.5) is 0 Å². The summed E-state index contributed by atoms with van der Waals surface area (Å²) < 4.78 is 32.8. The molecule has 2 aromatic heterocycles. The van der Waals surface area contributed by atoms with Crippen LogP contribution in [0.15, 0.2) is 9.31 Å². The summed E-state index contributed by atoms with van der Waals surface area (Å²) in [6, 6.07) is 0. The molecule has 0 atom stereocenters. The molecule has 132 valence electrons. The van der Waals surface area contributed by atoms with E-state index in [1.165, 1.54) is 10.7 Å². The van der Waals surface area contributed by atoms with Crippen LogP contribution in [0.3, 0.4) is 0 Å². The first-order chi connectivity index (χ1) is 11.4. The zero-order valence-electron chi connectivity index (χ0n) is 14.6. The highest BCUT2D eigenvalue weighted by atomic mass is 32.2. The van der Waals surface area contributed by atoms with Crippen molar-refractivity contribution < 1.29 is 12.8 Å². The first kappa shape index (κ1) is 17.2. The van der Waals surface area contributed by atoms with Gasteiger partial charge in [-0.3, -0.25) is 0 Å². The van der Waals surface area contributed by atoms with Gasteiger partial charge in [0.05, 0.1) is 0 Å². The normalized spacial score (nSPS) is 15.9. The largest absolute Gasteiger partial charge is 0.419 e. The monoisotopic (exact) mass is 352 g/mol. The number of hydrogen-bond donors (Lipinski definition) is 1. The molecule has 2 heterocycles. The third-order valence-electron chi connectivity index (χ3n) is 4.68. The maximum atomic E-state index is 12.8. The molecule has 0 unspecified atom stereocenters. The SMILES string of the molecule is CCCN(C)S(=O)(=O)c1c(C)[nH]c(-c2nnc(C3CCC3)o2)c1C. The molecule has 0 saturated heterocycles. The number of aromatic nitrogens is 3. The summed E-state index contributed by atoms with van der Waals surface area (Å²) in [6.45, 7) is 5.97. The molecule has 0 aromatic carbocycles. The molecule has 1 N–H and O–H groups in total. The third kappa shape index (κ3) is 2.77. The third-order valence-corrected chi connectivity index (χ3v) is 6.82. The summed E-state index contributed by atoms with van der Waals surface area (Å²) in [5.41, 5.74) is 1.81. The fourth-order valence-electron chi connectivity index (χ4n) is 3.08. The molecular formula is C16H24N4O3S. The van der Waals surface area contributed by atoms with Gasteiger partial charge in [0, 0.05) is 25.2 Å². The minimum atomic E-state index is -3.54. The predicted molar refractivity (Wildman–Crippen MR) is 90.3 cm³/mol. The highest BCUT2D eigenvalue weighted by molar-refractivity contribution is 7.89. The summed E-state index contributed by atoms with van der Waals surface area (Å²) in [5, 5.41) is 8.24. The molecule has 8 heteroatoms. The second-order valence-electron chi connectivity index (χ2n) is 6.48. The molecule has 3 rings (SSSR count). The molecule has 1 aliphatic rings. The van der Waals surface area contributed by atoms with Gasteiger partial charge < -0.3 is 9.40 Å². The fourth-order valence-corrected chi connectivity index (χ4v) is 4.74. The van der Waals surface area contributed by atoms with Crippen LogP contribution in [-0.4, -0.2) is 41.5 Å². The highest BCUT2D eigenvalue weighted by Crippen LogP contribution is 2.37. The number of aromatic amines is 1. The molecule has 0 radical (unpaired) electrons. The van der Waals surface area contributed by atoms with E-state index in [9.17, 15) is 8.42 Å². The Labute approximate surface area is 142 Å². The second-order valence-corrected chi connectivity index (χ2v) is 8.46. The number of rotatable bonds is 6. The van der Waals surface area contributed by atoms with Crippen molar-refractivity contribution in [3.63, 3.8) is 0 Å². The van der Waals surface area contributed by atoms with Gasteiger partial charge in [0.2, 0.25) is 15.9 Å². The Kier molecular flexibility index (Phi) is 4.52. The lowest BCUT2D eigenvalue weighted by atomic mass is 9.85. The van der Waals surface area contributed by atoms with E-state index < -0.39 is 10.0 Å². The van der Waals surface area contributed by atoms with Crippen LogP contribution >= 0.6 is 0 Å². The van der Waals surface area contributed by atoms with Gasteiger partial charge in [-0.15, -0.1) is 10.2 Å². The van der Waals surface area contributed by atoms with E-state index in [2.05, 4.69) is 15.2 Å². The maximum Gasteiger partial charge on any atom is 0.264 e. The molecule has 0 spiro atoms. The lowest BCUT2D eigenvalue weighted by Crippen LogP contribution is -2.28. The number of aryl methyl sites for hydroxylation is 1. The van der Waals surface area contributed by atoms with Crippen LogP contribution in [0.5, 0.6) is 0 Å². The van der Waals surface area contributed by atoms with E-state index in [1.807, 2.05) is 6.92 Å². The van der Waals surface area contributed by atoms with Gasteiger partial charge in [0.25, 0.3) is 5.89 Å². The quantitative estimate of drug-likeness (QED) is 0.863. The topological polar surface area (TPSA) is 92.1 Å². The predicted octanol–water partition coefficient (Wildman–Crippen LogP) is 2.98. The fraction of sp³-hybridized carbons (Fsp3) is 0.625. The smallest absolute Gasteiger partial charge is 0.264 e. The molecule has 0 amide bonds. The second kappa shape index (κ2) is 6.33. The Hall–Kier alpha value is -1.67. The van der Waals surface area contributed by atoms with E-state index >= 15 is 0 Å². The first-order valence-electron chi connectivity index (χ1n) is 8.35. The summed E-state index contributed by atoms with van der Waals surface area (Å²) >= 11 is 0. The van der Waals surface area contributed by atoms with Gasteiger partial charge in [-0.2, -0.15) is 0 Å². The van der Waals surface area contributed by atoms with Gasteiger partial charge >= 0.3 is 0 Å². The number of hydrogen-bond acceptors (Lipinski definition) is 5. The van der Waals surface area contributed by atoms with E-state index in [0.717, 1.165) is 19.3 Å². The average Bonchev–Trinajstić information content (AvgIpc) is 3.02. The highest BCUT2D eigenvalue weighted by Gasteiger charge is 2.30. The summed E-state index contributed by atoms with van der Waals surface area (Å²) in [4.78, 5) is 3.42. The molecule has 1 saturated carbocycles. The minimum Gasteiger partial charge on any atom is -0.419 e. The molecule has 24 heavy (non-hydrogen) atoms. The lowest BCUT2D eigenvalue weighted by molar-refractivity contribution is 0.338. The van der Waals surface area contributed by atoms with Crippen LogP contribution in [-0.2, 0) is 10.0 Å². The number of nitrogens with zero attached hydrogens (tertiary/aromatic N) is 3. The molecule has 0 aliphatic heterocycles. The van der Waals surface area contributed by atoms with Gasteiger partial charge in [-0.25, -0.2) is 12.7 Å². The number of sulfonamides is 1. The summed E-state index contributed by atoms with van der Waals surface area (Å²) in [6.07, 6.45) is 4.10. The van der Waals surface area contributed by atoms with Gasteiger partial charge in [0.1, 0.15) is 10.6 Å². The Balaban J connectivity index is 1.99. The van der Waals surface area contributed by atoms with E-state index in [-0.39, 0.29) is 0 Å². The Morgan fingerprint density at radius 1 is 1.29 bits per heavy atom. The zero-order chi connectivity index (χ0) is 17.5. The Morgan fingerprint density at radius 2 is 2.00 bits per heavy atom. The number of nitrogens with one attached hydrogen (secondary N) is 1. The van der Waals surface area contributed by atoms with Crippen molar-refractivity contribution >= 4 is 10.0 Å². The van der Waals surface area contributed by atoms with Crippen LogP contribution in [0.2, 0.25) is 0 Å². The van der Waals surface area contributed by atoms with E-state index in [0.29, 0.717) is 46.1 Å². The van der Waals surface area contributed by atoms with Crippen molar-refractivity contribution in [3.8, 4) is 11.6 Å². The van der Waals surface area contributed by atoms with Crippen molar-refractivity contribution in [3.05, 3.63) is 17.1 Å². The van der Waals surface area contributed by atoms with Gasteiger partial charge in [-0.1, -0.05) is 13.3 Å². The van der Waals surface area contributed by atoms with Gasteiger partial charge in [0.15, 0.2) is 0 Å². The lowest BCUT2D eigenvalue weighted by Gasteiger charge is -2.20. The molecule has 0 bridgehead atoms. The molecular weight excluding hydrogens is 328 g/mol. The maximum absolute atomic E-state index is 12.8. The van der Waals surface area contributed by atoms with Crippen molar-refractivity contribution in [2.45, 2.75) is 57.3 Å². The molecule has 2 aromatic rings. The minimum absolute atomic E-state index is 0.303. The standard InChI is InChI=1S/C16H24N4O3S/c1-5-9-20(4)24(21,22)14-10(2)13(17-11(14)3)16-19-18-15(23-16)12-7-6-8-12/h12,17H,5-9H2,1-4H3. The van der Waals surface area contributed by atoms with Gasteiger partial charge in [-0.05, 0) is 38.7 Å². The Bertz CT molecular complexity index is 834. The van der Waals surface area contributed by atoms with Crippen LogP contribution in [0.1, 0.15) is 55.7 Å². The summed E-state index contributed by atoms with van der Waals surface area (Å²) in [7, 11) is -1.94. The van der Waals surface area contributed by atoms with Crippen molar-refractivity contribution in [1.29, 1.82) is 0 Å². The van der Waals surface area contributed by atoms with Crippen LogP contribution in [0.25, 0.3) is 11.6 Å². The molecule has 1 fully saturated rings. The van der Waals surface area contributed by atoms with Crippen molar-refractivity contribution in [2.75, 3.05) is 13.6 Å². The van der Waals surface area contributed by atoms with Crippen LogP contribution in [0, 0.1) is 13.8 Å². The number of H-pyrrole nitrogens is 1. The first-order valence-corrected chi connectivity index (χ1v) is 9.79. The van der Waals surface area contributed by atoms with E-state index in [1.54, 1.807) is 20.9 Å². The molecule has 7 nitrogen and oxygen atoms in total. The van der Waals surface area contributed by atoms with Crippen molar-refractivity contribution in [1.82, 2.24) is 19.5 Å². The average molecular weight is 352 g/mol. The Morgan fingerprint density at radius 3 is 2.58 bits per heavy atom. The van der Waals surface area contributed by atoms with Crippen LogP contribution < -0.4 is 0 Å². The molecule has 1 aliphatic carbocycles. The summed E-state index contributed by atoms with van der Waals surface area (Å²) in [5.74, 6) is 1.36. The van der Waals surface area contributed by atoms with E-state index in [4.69, 9.17) is 4.42 Å².